The van der Waals surface area contributed by atoms with Crippen LogP contribution in [0.3, 0.4) is 0 Å². The third kappa shape index (κ3) is 6.21. The molecule has 0 amide bonds. The molecule has 3 heterocycles. The summed E-state index contributed by atoms with van der Waals surface area (Å²) in [4.78, 5) is 7.59. The second-order valence-corrected chi connectivity index (χ2v) is 14.6. The zero-order valence-electron chi connectivity index (χ0n) is 26.5. The topological polar surface area (TPSA) is 86.2 Å². The van der Waals surface area contributed by atoms with Crippen molar-refractivity contribution in [2.75, 3.05) is 31.5 Å². The Balaban J connectivity index is 1.41. The highest BCUT2D eigenvalue weighted by Gasteiger charge is 2.29. The van der Waals surface area contributed by atoms with Gasteiger partial charge in [0.1, 0.15) is 30.1 Å². The van der Waals surface area contributed by atoms with E-state index < -0.39 is 15.8 Å². The summed E-state index contributed by atoms with van der Waals surface area (Å²) in [7, 11) is -1.09. The second kappa shape index (κ2) is 12.9. The van der Waals surface area contributed by atoms with Gasteiger partial charge in [-0.15, -0.1) is 0 Å². The Morgan fingerprint density at radius 3 is 2.67 bits per heavy atom. The molecule has 242 valence electrons. The standard InChI is InChI=1S/C36H40ClFN4O3S/c1-6-22-15-23(16-24-19-39-36(21(3)14-28(22)24)40-26-10-12-42(4)13-11-26)34-27(7-2)31(9-8-30(34)38)41-46(5,44)33-18-25(37)17-29-32(43)20-45-35(29)33/h8-9,14-19,26,32,43H,3,5-7,10-13,20H2,1-2,4H3,(H,39,40)(H,41,44). The van der Waals surface area contributed by atoms with Crippen molar-refractivity contribution in [3.63, 3.8) is 0 Å². The zero-order chi connectivity index (χ0) is 32.7. The minimum Gasteiger partial charge on any atom is -0.489 e. The molecule has 0 aromatic heterocycles. The van der Waals surface area contributed by atoms with E-state index in [1.165, 1.54) is 12.1 Å². The molecule has 3 aromatic rings. The highest BCUT2D eigenvalue weighted by atomic mass is 35.5. The first-order chi connectivity index (χ1) is 22.0. The van der Waals surface area contributed by atoms with Crippen LogP contribution in [0.25, 0.3) is 23.4 Å². The Kier molecular flexibility index (Phi) is 9.04. The third-order valence-electron chi connectivity index (χ3n) is 8.99. The van der Waals surface area contributed by atoms with Crippen molar-refractivity contribution in [2.24, 2.45) is 4.99 Å². The number of rotatable bonds is 7. The average Bonchev–Trinajstić information content (AvgIpc) is 3.31. The Hall–Kier alpha value is -3.63. The smallest absolute Gasteiger partial charge is 0.142 e. The molecule has 7 nitrogen and oxygen atoms in total. The van der Waals surface area contributed by atoms with Crippen molar-refractivity contribution >= 4 is 51.0 Å². The van der Waals surface area contributed by atoms with Crippen molar-refractivity contribution in [2.45, 2.75) is 56.6 Å². The lowest BCUT2D eigenvalue weighted by Gasteiger charge is -2.27. The van der Waals surface area contributed by atoms with Crippen LogP contribution in [-0.4, -0.2) is 58.7 Å². The number of likely N-dealkylation sites (tertiary alicyclic amines) is 1. The minimum absolute atomic E-state index is 0.0410. The Bertz CT molecular complexity index is 1980. The summed E-state index contributed by atoms with van der Waals surface area (Å²) >= 11 is 6.34. The van der Waals surface area contributed by atoms with E-state index in [1.54, 1.807) is 12.1 Å². The van der Waals surface area contributed by atoms with Crippen LogP contribution in [0.15, 0.2) is 58.4 Å². The van der Waals surface area contributed by atoms with Crippen molar-refractivity contribution in [1.29, 1.82) is 0 Å². The zero-order valence-corrected chi connectivity index (χ0v) is 28.0. The number of amidine groups is 1. The van der Waals surface area contributed by atoms with E-state index in [0.717, 1.165) is 59.8 Å². The summed E-state index contributed by atoms with van der Waals surface area (Å²) in [6.07, 6.45) is 6.33. The van der Waals surface area contributed by atoms with Crippen LogP contribution in [0.1, 0.15) is 49.5 Å². The van der Waals surface area contributed by atoms with E-state index in [0.29, 0.717) is 45.1 Å². The van der Waals surface area contributed by atoms with Crippen LogP contribution in [-0.2, 0) is 22.5 Å². The van der Waals surface area contributed by atoms with Gasteiger partial charge in [-0.1, -0.05) is 38.1 Å². The molecule has 0 aliphatic carbocycles. The number of ether oxygens (including phenoxy) is 1. The summed E-state index contributed by atoms with van der Waals surface area (Å²) in [5.41, 5.74) is 4.64. The number of anilines is 1. The largest absolute Gasteiger partial charge is 0.489 e. The first-order valence-corrected chi connectivity index (χ1v) is 17.8. The van der Waals surface area contributed by atoms with Gasteiger partial charge in [0.15, 0.2) is 0 Å². The Morgan fingerprint density at radius 2 is 1.96 bits per heavy atom. The van der Waals surface area contributed by atoms with Gasteiger partial charge in [0.05, 0.1) is 20.6 Å². The van der Waals surface area contributed by atoms with Crippen LogP contribution < -0.4 is 25.2 Å². The maximum Gasteiger partial charge on any atom is 0.142 e. The molecule has 3 aliphatic rings. The first-order valence-electron chi connectivity index (χ1n) is 15.7. The van der Waals surface area contributed by atoms with Gasteiger partial charge in [-0.25, -0.2) is 8.60 Å². The number of hydrogen-bond donors (Lipinski definition) is 3. The van der Waals surface area contributed by atoms with Gasteiger partial charge in [-0.2, -0.15) is 0 Å². The van der Waals surface area contributed by atoms with E-state index in [9.17, 15) is 9.32 Å². The highest BCUT2D eigenvalue weighted by Crippen LogP contribution is 2.41. The number of hydrogen-bond acceptors (Lipinski definition) is 5. The van der Waals surface area contributed by atoms with Gasteiger partial charge in [0.2, 0.25) is 0 Å². The van der Waals surface area contributed by atoms with Crippen LogP contribution in [0.4, 0.5) is 10.1 Å². The van der Waals surface area contributed by atoms with Crippen LogP contribution in [0, 0.1) is 5.82 Å². The van der Waals surface area contributed by atoms with Gasteiger partial charge in [-0.05, 0) is 115 Å². The summed E-state index contributed by atoms with van der Waals surface area (Å²) in [5.74, 6) is 4.69. The first kappa shape index (κ1) is 32.3. The lowest BCUT2D eigenvalue weighted by molar-refractivity contribution is 0.140. The molecule has 46 heavy (non-hydrogen) atoms. The molecule has 3 N–H and O–H groups in total. The van der Waals surface area contributed by atoms with Gasteiger partial charge in [0, 0.05) is 33.6 Å². The predicted molar refractivity (Wildman–Crippen MR) is 188 cm³/mol. The molecule has 2 atom stereocenters. The Labute approximate surface area is 275 Å². The van der Waals surface area contributed by atoms with Crippen LogP contribution in [0.5, 0.6) is 5.75 Å². The number of fused-ring (bicyclic) bond motifs is 2. The molecular formula is C36H40ClFN4O3S. The van der Waals surface area contributed by atoms with Crippen molar-refractivity contribution < 1.29 is 18.4 Å². The van der Waals surface area contributed by atoms with E-state index in [1.807, 2.05) is 25.3 Å². The number of nitrogens with one attached hydrogen (secondary N) is 2. The lowest BCUT2D eigenvalue weighted by Crippen LogP contribution is -2.33. The maximum atomic E-state index is 15.8. The lowest BCUT2D eigenvalue weighted by atomic mass is 9.92. The van der Waals surface area contributed by atoms with Crippen molar-refractivity contribution in [1.82, 2.24) is 10.2 Å². The molecule has 0 bridgehead atoms. The van der Waals surface area contributed by atoms with Crippen LogP contribution in [0.2, 0.25) is 5.02 Å². The number of aliphatic hydroxyl groups is 1. The molecule has 1 saturated heterocycles. The van der Waals surface area contributed by atoms with E-state index in [-0.39, 0.29) is 23.4 Å². The van der Waals surface area contributed by atoms with E-state index in [2.05, 4.69) is 47.4 Å². The number of halogens is 2. The average molecular weight is 663 g/mol. The Morgan fingerprint density at radius 1 is 1.20 bits per heavy atom. The van der Waals surface area contributed by atoms with Crippen LogP contribution >= 0.6 is 11.6 Å². The highest BCUT2D eigenvalue weighted by molar-refractivity contribution is 8.01. The van der Waals surface area contributed by atoms with Gasteiger partial charge in [-0.3, -0.25) is 4.99 Å². The molecule has 10 heteroatoms. The normalized spacial score (nSPS) is 20.4. The fourth-order valence-corrected chi connectivity index (χ4v) is 8.23. The number of piperidine rings is 1. The molecule has 3 aromatic carbocycles. The summed E-state index contributed by atoms with van der Waals surface area (Å²) < 4.78 is 38.8. The third-order valence-corrected chi connectivity index (χ3v) is 10.8. The SMILES string of the molecule is C=C1C=c2c(CC)cc(-c3c(F)ccc(NS(=C)(=O)c4cc(Cl)cc5c4OCC5O)c3CC)cc2=CNC1=NC1CCN(C)CC1. The maximum absolute atomic E-state index is 15.8. The summed E-state index contributed by atoms with van der Waals surface area (Å²) in [5, 5.41) is 16.0. The fraction of sp³-hybridized carbons (Fsp3) is 0.333. The molecule has 0 radical (unpaired) electrons. The van der Waals surface area contributed by atoms with Gasteiger partial charge < -0.3 is 24.8 Å². The molecule has 0 spiro atoms. The second-order valence-electron chi connectivity index (χ2n) is 12.2. The van der Waals surface area contributed by atoms with Crippen molar-refractivity contribution in [3.8, 4) is 16.9 Å². The molecule has 2 unspecified atom stereocenters. The number of aliphatic hydroxyl groups excluding tert-OH is 1. The number of aryl methyl sites for hydroxylation is 1. The molecule has 6 rings (SSSR count). The monoisotopic (exact) mass is 662 g/mol. The molecule has 1 fully saturated rings. The molecule has 0 saturated carbocycles. The number of nitrogens with zero attached hydrogens (tertiary/aromatic N) is 2. The summed E-state index contributed by atoms with van der Waals surface area (Å²) in [6, 6.07) is 10.4. The van der Waals surface area contributed by atoms with E-state index in [4.69, 9.17) is 21.3 Å². The quantitative estimate of drug-likeness (QED) is 0.311. The fourth-order valence-electron chi connectivity index (χ4n) is 6.49. The predicted octanol–water partition coefficient (Wildman–Crippen LogP) is 4.97. The summed E-state index contributed by atoms with van der Waals surface area (Å²) in [6.45, 7) is 10.4. The van der Waals surface area contributed by atoms with Gasteiger partial charge in [0.25, 0.3) is 0 Å². The van der Waals surface area contributed by atoms with Crippen molar-refractivity contribution in [3.05, 3.63) is 86.5 Å². The number of benzene rings is 3. The molecule has 3 aliphatic heterocycles. The van der Waals surface area contributed by atoms with E-state index >= 15 is 4.39 Å². The minimum atomic E-state index is -3.23. The molecular weight excluding hydrogens is 623 g/mol. The van der Waals surface area contributed by atoms with Gasteiger partial charge >= 0.3 is 0 Å². The number of aliphatic imine (C=N–C) groups is 1.